The highest BCUT2D eigenvalue weighted by Crippen LogP contribution is 2.14. The molecular weight excluding hydrogens is 276 g/mol. The van der Waals surface area contributed by atoms with Crippen LogP contribution in [-0.2, 0) is 22.1 Å². The van der Waals surface area contributed by atoms with E-state index in [2.05, 4.69) is 4.90 Å². The van der Waals surface area contributed by atoms with E-state index in [0.717, 1.165) is 18.8 Å². The maximum Gasteiger partial charge on any atom is 0.236 e. The quantitative estimate of drug-likeness (QED) is 0.835. The first-order valence-corrected chi connectivity index (χ1v) is 8.13. The molecule has 1 fully saturated rings. The molecule has 2 rings (SSSR count). The number of hydrogen-bond acceptors (Lipinski definition) is 4. The second kappa shape index (κ2) is 6.54. The fraction of sp³-hybridized carbons (Fsp3) is 0.643. The summed E-state index contributed by atoms with van der Waals surface area (Å²) in [5, 5.41) is 0.254. The highest BCUT2D eigenvalue weighted by atomic mass is 32.2. The van der Waals surface area contributed by atoms with Gasteiger partial charge in [0.05, 0.1) is 19.4 Å². The Morgan fingerprint density at radius 1 is 1.45 bits per heavy atom. The Bertz CT molecular complexity index is 461. The SMILES string of the molecule is CC1CN(CC(=O)N(C)Cc2ccco2)CC(C)S1=O. The normalized spacial score (nSPS) is 27.4. The summed E-state index contributed by atoms with van der Waals surface area (Å²) in [6.07, 6.45) is 1.61. The van der Waals surface area contributed by atoms with Gasteiger partial charge in [-0.15, -0.1) is 0 Å². The summed E-state index contributed by atoms with van der Waals surface area (Å²) in [6.45, 7) is 6.26. The van der Waals surface area contributed by atoms with Crippen LogP contribution in [0.2, 0.25) is 0 Å². The monoisotopic (exact) mass is 298 g/mol. The van der Waals surface area contributed by atoms with Crippen LogP contribution in [0.15, 0.2) is 22.8 Å². The van der Waals surface area contributed by atoms with Crippen LogP contribution in [0.4, 0.5) is 0 Å². The molecule has 20 heavy (non-hydrogen) atoms. The van der Waals surface area contributed by atoms with E-state index in [1.807, 2.05) is 26.0 Å². The number of carbonyl (C=O) groups is 1. The number of likely N-dealkylation sites (N-methyl/N-ethyl adjacent to an activating group) is 1. The van der Waals surface area contributed by atoms with Gasteiger partial charge in [0.1, 0.15) is 5.76 Å². The maximum absolute atomic E-state index is 12.2. The van der Waals surface area contributed by atoms with Crippen molar-refractivity contribution in [1.29, 1.82) is 0 Å². The molecule has 6 heteroatoms. The molecule has 1 aromatic rings. The van der Waals surface area contributed by atoms with Crippen molar-refractivity contribution in [2.75, 3.05) is 26.7 Å². The lowest BCUT2D eigenvalue weighted by Gasteiger charge is -2.34. The summed E-state index contributed by atoms with van der Waals surface area (Å²) >= 11 is 0. The molecule has 1 aromatic heterocycles. The van der Waals surface area contributed by atoms with Gasteiger partial charge in [-0.2, -0.15) is 0 Å². The van der Waals surface area contributed by atoms with Crippen LogP contribution in [-0.4, -0.2) is 57.1 Å². The minimum Gasteiger partial charge on any atom is -0.467 e. The van der Waals surface area contributed by atoms with Crippen molar-refractivity contribution in [2.45, 2.75) is 30.9 Å². The van der Waals surface area contributed by atoms with Crippen molar-refractivity contribution >= 4 is 16.7 Å². The van der Waals surface area contributed by atoms with E-state index in [1.165, 1.54) is 0 Å². The van der Waals surface area contributed by atoms with Gasteiger partial charge in [0.25, 0.3) is 0 Å². The molecular formula is C14H22N2O3S. The molecule has 1 aliphatic rings. The van der Waals surface area contributed by atoms with Crippen molar-refractivity contribution in [3.05, 3.63) is 24.2 Å². The number of nitrogens with zero attached hydrogens (tertiary/aromatic N) is 2. The first-order valence-electron chi connectivity index (χ1n) is 6.85. The van der Waals surface area contributed by atoms with E-state index < -0.39 is 10.8 Å². The Balaban J connectivity index is 1.86. The fourth-order valence-corrected chi connectivity index (χ4v) is 4.02. The van der Waals surface area contributed by atoms with Crippen LogP contribution in [0.3, 0.4) is 0 Å². The molecule has 0 N–H and O–H groups in total. The molecule has 2 unspecified atom stereocenters. The summed E-state index contributed by atoms with van der Waals surface area (Å²) < 4.78 is 17.1. The molecule has 0 saturated carbocycles. The average molecular weight is 298 g/mol. The third-order valence-electron chi connectivity index (χ3n) is 3.58. The van der Waals surface area contributed by atoms with E-state index in [-0.39, 0.29) is 16.4 Å². The Morgan fingerprint density at radius 2 is 2.10 bits per heavy atom. The summed E-state index contributed by atoms with van der Waals surface area (Å²) in [5.41, 5.74) is 0. The Labute approximate surface area is 122 Å². The Morgan fingerprint density at radius 3 is 2.65 bits per heavy atom. The standard InChI is InChI=1S/C14H22N2O3S/c1-11-7-16(8-12(2)20(11)18)10-14(17)15(3)9-13-5-4-6-19-13/h4-6,11-12H,7-10H2,1-3H3. The van der Waals surface area contributed by atoms with Crippen LogP contribution >= 0.6 is 0 Å². The molecule has 2 atom stereocenters. The van der Waals surface area contributed by atoms with Crippen LogP contribution in [0, 0.1) is 0 Å². The third kappa shape index (κ3) is 3.70. The highest BCUT2D eigenvalue weighted by Gasteiger charge is 2.29. The summed E-state index contributed by atoms with van der Waals surface area (Å²) in [5.74, 6) is 0.843. The zero-order chi connectivity index (χ0) is 14.7. The van der Waals surface area contributed by atoms with Gasteiger partial charge in [0.2, 0.25) is 5.91 Å². The predicted molar refractivity (Wildman–Crippen MR) is 78.7 cm³/mol. The van der Waals surface area contributed by atoms with Gasteiger partial charge >= 0.3 is 0 Å². The largest absolute Gasteiger partial charge is 0.467 e. The molecule has 0 spiro atoms. The van der Waals surface area contributed by atoms with Crippen molar-refractivity contribution in [3.63, 3.8) is 0 Å². The lowest BCUT2D eigenvalue weighted by Crippen LogP contribution is -2.50. The topological polar surface area (TPSA) is 53.8 Å². The van der Waals surface area contributed by atoms with Crippen molar-refractivity contribution < 1.29 is 13.4 Å². The summed E-state index contributed by atoms with van der Waals surface area (Å²) in [7, 11) is 0.994. The Hall–Kier alpha value is -1.14. The van der Waals surface area contributed by atoms with Gasteiger partial charge < -0.3 is 9.32 Å². The number of hydrogen-bond donors (Lipinski definition) is 0. The van der Waals surface area contributed by atoms with Crippen molar-refractivity contribution in [3.8, 4) is 0 Å². The second-order valence-corrected chi connectivity index (χ2v) is 7.74. The predicted octanol–water partition coefficient (Wildman–Crippen LogP) is 1.08. The smallest absolute Gasteiger partial charge is 0.236 e. The molecule has 1 amide bonds. The average Bonchev–Trinajstić information content (AvgIpc) is 2.88. The minimum absolute atomic E-state index is 0.0634. The molecule has 1 saturated heterocycles. The van der Waals surface area contributed by atoms with Gasteiger partial charge in [0, 0.05) is 41.4 Å². The highest BCUT2D eigenvalue weighted by molar-refractivity contribution is 7.86. The number of carbonyl (C=O) groups excluding carboxylic acids is 1. The molecule has 0 radical (unpaired) electrons. The summed E-state index contributed by atoms with van der Waals surface area (Å²) in [6, 6.07) is 3.68. The van der Waals surface area contributed by atoms with Gasteiger partial charge in [-0.1, -0.05) is 0 Å². The third-order valence-corrected chi connectivity index (χ3v) is 5.47. The zero-order valence-electron chi connectivity index (χ0n) is 12.2. The molecule has 2 heterocycles. The van der Waals surface area contributed by atoms with Gasteiger partial charge in [0.15, 0.2) is 0 Å². The molecule has 0 bridgehead atoms. The van der Waals surface area contributed by atoms with Gasteiger partial charge in [-0.05, 0) is 26.0 Å². The van der Waals surface area contributed by atoms with E-state index in [0.29, 0.717) is 13.1 Å². The molecule has 0 aliphatic carbocycles. The molecule has 112 valence electrons. The van der Waals surface area contributed by atoms with Crippen LogP contribution < -0.4 is 0 Å². The van der Waals surface area contributed by atoms with Gasteiger partial charge in [-0.3, -0.25) is 13.9 Å². The lowest BCUT2D eigenvalue weighted by atomic mass is 10.3. The van der Waals surface area contributed by atoms with E-state index >= 15 is 0 Å². The van der Waals surface area contributed by atoms with E-state index in [9.17, 15) is 9.00 Å². The fourth-order valence-electron chi connectivity index (χ4n) is 2.51. The van der Waals surface area contributed by atoms with Gasteiger partial charge in [-0.25, -0.2) is 0 Å². The van der Waals surface area contributed by atoms with E-state index in [4.69, 9.17) is 4.42 Å². The van der Waals surface area contributed by atoms with Crippen molar-refractivity contribution in [1.82, 2.24) is 9.80 Å². The summed E-state index contributed by atoms with van der Waals surface area (Å²) in [4.78, 5) is 16.0. The molecule has 0 aromatic carbocycles. The first kappa shape index (κ1) is 15.3. The van der Waals surface area contributed by atoms with Crippen LogP contribution in [0.1, 0.15) is 19.6 Å². The Kier molecular flexibility index (Phi) is 4.99. The zero-order valence-corrected chi connectivity index (χ0v) is 13.1. The molecule has 5 nitrogen and oxygen atoms in total. The van der Waals surface area contributed by atoms with E-state index in [1.54, 1.807) is 18.2 Å². The number of furan rings is 1. The first-order chi connectivity index (χ1) is 9.47. The second-order valence-electron chi connectivity index (χ2n) is 5.47. The van der Waals surface area contributed by atoms with Crippen LogP contribution in [0.5, 0.6) is 0 Å². The molecule has 1 aliphatic heterocycles. The number of rotatable bonds is 4. The maximum atomic E-state index is 12.2. The van der Waals surface area contributed by atoms with Crippen molar-refractivity contribution in [2.24, 2.45) is 0 Å². The van der Waals surface area contributed by atoms with Crippen LogP contribution in [0.25, 0.3) is 0 Å². The minimum atomic E-state index is -0.784. The lowest BCUT2D eigenvalue weighted by molar-refractivity contribution is -0.131. The number of amides is 1.